The van der Waals surface area contributed by atoms with Gasteiger partial charge in [-0.2, -0.15) is 0 Å². The van der Waals surface area contributed by atoms with Gasteiger partial charge in [0.05, 0.1) is 6.10 Å². The fraction of sp³-hybridized carbons (Fsp3) is 0.952. The van der Waals surface area contributed by atoms with Gasteiger partial charge in [0, 0.05) is 35.7 Å². The first kappa shape index (κ1) is 18.4. The van der Waals surface area contributed by atoms with Crippen molar-refractivity contribution in [2.45, 2.75) is 84.3 Å². The minimum Gasteiger partial charge on any atom is -0.378 e. The van der Waals surface area contributed by atoms with Gasteiger partial charge in [-0.15, -0.1) is 0 Å². The van der Waals surface area contributed by atoms with Crippen molar-refractivity contribution in [2.24, 2.45) is 34.5 Å². The first-order valence-corrected chi connectivity index (χ1v) is 10.6. The van der Waals surface area contributed by atoms with Gasteiger partial charge >= 0.3 is 0 Å². The van der Waals surface area contributed by atoms with Gasteiger partial charge in [0.25, 0.3) is 0 Å². The number of hydrogen-bond acceptors (Lipinski definition) is 4. The van der Waals surface area contributed by atoms with Crippen molar-refractivity contribution in [3.05, 3.63) is 10.1 Å². The molecular weight excluding hydrogens is 330 g/mol. The number of ketones is 1. The van der Waals surface area contributed by atoms with Gasteiger partial charge in [-0.05, 0) is 68.6 Å². The molecule has 0 bridgehead atoms. The number of fused-ring (bicyclic) bond motifs is 5. The molecule has 26 heavy (non-hydrogen) atoms. The first-order chi connectivity index (χ1) is 12.3. The van der Waals surface area contributed by atoms with Gasteiger partial charge < -0.3 is 4.74 Å². The van der Waals surface area contributed by atoms with Crippen LogP contribution in [0.15, 0.2) is 0 Å². The molecule has 0 saturated heterocycles. The van der Waals surface area contributed by atoms with Crippen LogP contribution in [0, 0.1) is 44.6 Å². The van der Waals surface area contributed by atoms with E-state index in [0.29, 0.717) is 36.4 Å². The Labute approximate surface area is 156 Å². The normalized spacial score (nSPS) is 50.7. The van der Waals surface area contributed by atoms with Crippen LogP contribution in [0.25, 0.3) is 0 Å². The summed E-state index contributed by atoms with van der Waals surface area (Å²) in [5.74, 6) is 1.69. The van der Waals surface area contributed by atoms with Gasteiger partial charge in [-0.3, -0.25) is 14.9 Å². The maximum Gasteiger partial charge on any atom is 0.219 e. The second kappa shape index (κ2) is 6.29. The van der Waals surface area contributed by atoms with E-state index in [4.69, 9.17) is 4.74 Å². The molecule has 0 aromatic carbocycles. The van der Waals surface area contributed by atoms with Crippen LogP contribution in [0.2, 0.25) is 0 Å². The fourth-order valence-electron chi connectivity index (χ4n) is 7.83. The summed E-state index contributed by atoms with van der Waals surface area (Å²) in [5, 5.41) is 11.6. The Morgan fingerprint density at radius 2 is 1.85 bits per heavy atom. The van der Waals surface area contributed by atoms with Crippen LogP contribution in [0.1, 0.15) is 72.1 Å². The molecule has 0 radical (unpaired) electrons. The second-order valence-electron chi connectivity index (χ2n) is 9.91. The van der Waals surface area contributed by atoms with E-state index in [9.17, 15) is 14.9 Å². The SMILES string of the molecule is CCOC1CCC2CCC3C4CCC([N+](=O)[O-])C4(C)CC(=O)C3C2(C)C1. The third-order valence-electron chi connectivity index (χ3n) is 8.86. The predicted molar refractivity (Wildman–Crippen MR) is 98.3 cm³/mol. The highest BCUT2D eigenvalue weighted by Gasteiger charge is 2.66. The highest BCUT2D eigenvalue weighted by molar-refractivity contribution is 5.84. The number of Topliss-reactive ketones (excluding diaryl/α,β-unsaturated/α-hetero) is 1. The summed E-state index contributed by atoms with van der Waals surface area (Å²) in [5.41, 5.74) is -0.412. The molecular formula is C21H33NO4. The molecule has 146 valence electrons. The number of carbonyl (C=O) groups excluding carboxylic acids is 1. The average Bonchev–Trinajstić information content (AvgIpc) is 2.90. The Hall–Kier alpha value is -0.970. The Bertz CT molecular complexity index is 607. The number of nitrogens with zero attached hydrogens (tertiary/aromatic N) is 1. The third kappa shape index (κ3) is 2.49. The minimum absolute atomic E-state index is 0.0200. The maximum atomic E-state index is 13.4. The summed E-state index contributed by atoms with van der Waals surface area (Å²) in [6.45, 7) is 7.15. The Morgan fingerprint density at radius 1 is 1.12 bits per heavy atom. The van der Waals surface area contributed by atoms with Crippen LogP contribution in [-0.4, -0.2) is 29.5 Å². The molecule has 0 N–H and O–H groups in total. The molecule has 5 heteroatoms. The maximum absolute atomic E-state index is 13.4. The lowest BCUT2D eigenvalue weighted by atomic mass is 9.44. The van der Waals surface area contributed by atoms with Gasteiger partial charge in [0.15, 0.2) is 0 Å². The van der Waals surface area contributed by atoms with Crippen LogP contribution in [0.3, 0.4) is 0 Å². The Morgan fingerprint density at radius 3 is 2.54 bits per heavy atom. The fourth-order valence-corrected chi connectivity index (χ4v) is 7.83. The third-order valence-corrected chi connectivity index (χ3v) is 8.86. The number of nitro groups is 1. The quantitative estimate of drug-likeness (QED) is 0.555. The van der Waals surface area contributed by atoms with Crippen molar-refractivity contribution in [3.8, 4) is 0 Å². The number of hydrogen-bond donors (Lipinski definition) is 0. The van der Waals surface area contributed by atoms with Crippen molar-refractivity contribution < 1.29 is 14.5 Å². The lowest BCUT2D eigenvalue weighted by Crippen LogP contribution is -2.59. The smallest absolute Gasteiger partial charge is 0.219 e. The van der Waals surface area contributed by atoms with E-state index in [2.05, 4.69) is 6.92 Å². The zero-order valence-electron chi connectivity index (χ0n) is 16.4. The molecule has 0 aliphatic heterocycles. The molecule has 4 saturated carbocycles. The van der Waals surface area contributed by atoms with E-state index < -0.39 is 11.5 Å². The van der Waals surface area contributed by atoms with E-state index in [1.165, 1.54) is 6.42 Å². The molecule has 5 nitrogen and oxygen atoms in total. The summed E-state index contributed by atoms with van der Waals surface area (Å²) in [6, 6.07) is -0.537. The molecule has 0 aromatic heterocycles. The van der Waals surface area contributed by atoms with Crippen molar-refractivity contribution in [1.29, 1.82) is 0 Å². The topological polar surface area (TPSA) is 69.4 Å². The Balaban J connectivity index is 1.65. The summed E-state index contributed by atoms with van der Waals surface area (Å²) >= 11 is 0. The molecule has 0 amide bonds. The van der Waals surface area contributed by atoms with E-state index in [1.807, 2.05) is 13.8 Å². The number of carbonyl (C=O) groups is 1. The van der Waals surface area contributed by atoms with Crippen LogP contribution in [0.5, 0.6) is 0 Å². The molecule has 8 atom stereocenters. The van der Waals surface area contributed by atoms with Crippen LogP contribution in [0.4, 0.5) is 0 Å². The van der Waals surface area contributed by atoms with Crippen molar-refractivity contribution in [2.75, 3.05) is 6.61 Å². The van der Waals surface area contributed by atoms with E-state index >= 15 is 0 Å². The zero-order valence-corrected chi connectivity index (χ0v) is 16.4. The largest absolute Gasteiger partial charge is 0.378 e. The van der Waals surface area contributed by atoms with E-state index in [1.54, 1.807) is 0 Å². The predicted octanol–water partition coefficient (Wildman–Crippen LogP) is 4.26. The summed E-state index contributed by atoms with van der Waals surface area (Å²) in [4.78, 5) is 24.9. The number of ether oxygens (including phenoxy) is 1. The molecule has 4 aliphatic rings. The average molecular weight is 363 g/mol. The van der Waals surface area contributed by atoms with Crippen molar-refractivity contribution in [1.82, 2.24) is 0 Å². The minimum atomic E-state index is -0.537. The highest BCUT2D eigenvalue weighted by Crippen LogP contribution is 2.65. The van der Waals surface area contributed by atoms with Crippen molar-refractivity contribution >= 4 is 5.78 Å². The summed E-state index contributed by atoms with van der Waals surface area (Å²) < 4.78 is 5.97. The van der Waals surface area contributed by atoms with Crippen LogP contribution in [-0.2, 0) is 9.53 Å². The molecule has 0 aromatic rings. The van der Waals surface area contributed by atoms with E-state index in [-0.39, 0.29) is 22.4 Å². The first-order valence-electron chi connectivity index (χ1n) is 10.6. The van der Waals surface area contributed by atoms with Gasteiger partial charge in [-0.25, -0.2) is 0 Å². The van der Waals surface area contributed by atoms with Gasteiger partial charge in [0.2, 0.25) is 6.04 Å². The molecule has 4 fully saturated rings. The standard InChI is InChI=1S/C21H33NO4/c1-4-26-14-7-5-13-6-8-15-16-9-10-18(22(24)25)21(16,3)12-17(23)19(15)20(13,2)11-14/h13-16,18-19H,4-12H2,1-3H3. The molecule has 8 unspecified atom stereocenters. The van der Waals surface area contributed by atoms with Gasteiger partial charge in [-0.1, -0.05) is 13.8 Å². The van der Waals surface area contributed by atoms with E-state index in [0.717, 1.165) is 38.7 Å². The Kier molecular flexibility index (Phi) is 4.45. The molecule has 0 spiro atoms. The second-order valence-corrected chi connectivity index (χ2v) is 9.91. The summed E-state index contributed by atoms with van der Waals surface area (Å²) in [6.07, 6.45) is 7.78. The molecule has 4 aliphatic carbocycles. The highest BCUT2D eigenvalue weighted by atomic mass is 16.6. The lowest BCUT2D eigenvalue weighted by Gasteiger charge is -2.59. The van der Waals surface area contributed by atoms with Crippen LogP contribution >= 0.6 is 0 Å². The summed E-state index contributed by atoms with van der Waals surface area (Å²) in [7, 11) is 0. The van der Waals surface area contributed by atoms with Gasteiger partial charge in [0.1, 0.15) is 5.78 Å². The number of rotatable bonds is 3. The van der Waals surface area contributed by atoms with Crippen LogP contribution < -0.4 is 0 Å². The zero-order chi connectivity index (χ0) is 18.7. The van der Waals surface area contributed by atoms with Crippen molar-refractivity contribution in [3.63, 3.8) is 0 Å². The molecule has 0 heterocycles. The lowest BCUT2D eigenvalue weighted by molar-refractivity contribution is -0.539. The molecule has 4 rings (SSSR count). The monoisotopic (exact) mass is 363 g/mol.